The van der Waals surface area contributed by atoms with Gasteiger partial charge in [0, 0.05) is 44.9 Å². The van der Waals surface area contributed by atoms with Crippen LogP contribution < -0.4 is 15.4 Å². The maximum Gasteiger partial charge on any atom is 0.261 e. The van der Waals surface area contributed by atoms with Crippen molar-refractivity contribution >= 4 is 28.8 Å². The van der Waals surface area contributed by atoms with Gasteiger partial charge in [-0.25, -0.2) is 18.9 Å². The predicted octanol–water partition coefficient (Wildman–Crippen LogP) is 10.2. The van der Waals surface area contributed by atoms with Crippen molar-refractivity contribution in [3.05, 3.63) is 143 Å². The van der Waals surface area contributed by atoms with Gasteiger partial charge in [-0.2, -0.15) is 0 Å². The molecule has 0 amide bonds. The van der Waals surface area contributed by atoms with Crippen LogP contribution in [0.1, 0.15) is 94.3 Å². The van der Waals surface area contributed by atoms with Crippen LogP contribution in [0, 0.1) is 5.82 Å². The SMILES string of the molecule is CCCCCC=CCC=CCC=CCC=CCC=CCCC(=O)n1c(N(C)C2CCN(c3nc4ccccc4n3Cc3ccc(F)cc3)CC2)nccc1=O. The Morgan fingerprint density at radius 2 is 1.44 bits per heavy atom. The third-order valence-corrected chi connectivity index (χ3v) is 10.00. The molecule has 9 heteroatoms. The van der Waals surface area contributed by atoms with Crippen LogP contribution in [0.15, 0.2) is 126 Å². The Morgan fingerprint density at radius 1 is 0.818 bits per heavy atom. The van der Waals surface area contributed by atoms with Crippen molar-refractivity contribution in [3.8, 4) is 0 Å². The van der Waals surface area contributed by atoms with Crippen molar-refractivity contribution in [2.75, 3.05) is 29.9 Å². The standard InChI is InChI=1S/C46H57FN6O2/c1-3-4-5-6-7-8-9-10-11-12-13-14-15-16-17-18-19-20-21-26-43(54)53-44(55)31-34-48-45(53)50(2)40-32-35-51(36-33-40)46-49-41-24-22-23-25-42(41)52(46)37-38-27-29-39(47)30-28-38/h7-8,10-11,13-14,16-17,19-20,22-25,27-31,34,40H,3-6,9,12,15,18,21,26,32-33,35-37H2,1-2H3. The van der Waals surface area contributed by atoms with Gasteiger partial charge in [0.25, 0.3) is 5.56 Å². The summed E-state index contributed by atoms with van der Waals surface area (Å²) in [4.78, 5) is 40.2. The first-order chi connectivity index (χ1) is 27.0. The van der Waals surface area contributed by atoms with Crippen molar-refractivity contribution in [2.24, 2.45) is 0 Å². The van der Waals surface area contributed by atoms with E-state index in [1.54, 1.807) is 0 Å². The largest absolute Gasteiger partial charge is 0.342 e. The van der Waals surface area contributed by atoms with E-state index in [1.807, 2.05) is 48.4 Å². The molecule has 5 rings (SSSR count). The van der Waals surface area contributed by atoms with E-state index in [4.69, 9.17) is 4.98 Å². The molecule has 0 atom stereocenters. The molecule has 8 nitrogen and oxygen atoms in total. The molecular formula is C46H57FN6O2. The first-order valence-corrected chi connectivity index (χ1v) is 20.0. The number of hydrogen-bond donors (Lipinski definition) is 0. The minimum absolute atomic E-state index is 0.0878. The quantitative estimate of drug-likeness (QED) is 0.0663. The molecule has 0 bridgehead atoms. The number of rotatable bonds is 20. The van der Waals surface area contributed by atoms with Gasteiger partial charge in [0.05, 0.1) is 17.6 Å². The highest BCUT2D eigenvalue weighted by Crippen LogP contribution is 2.28. The lowest BCUT2D eigenvalue weighted by Crippen LogP contribution is -2.46. The summed E-state index contributed by atoms with van der Waals surface area (Å²) in [7, 11) is 1.92. The summed E-state index contributed by atoms with van der Waals surface area (Å²) in [5, 5.41) is 0. The van der Waals surface area contributed by atoms with Crippen LogP contribution in [0.5, 0.6) is 0 Å². The second-order valence-electron chi connectivity index (χ2n) is 14.1. The summed E-state index contributed by atoms with van der Waals surface area (Å²) in [5.74, 6) is 0.753. The minimum atomic E-state index is -0.362. The van der Waals surface area contributed by atoms with Gasteiger partial charge in [-0.15, -0.1) is 0 Å². The van der Waals surface area contributed by atoms with Crippen molar-refractivity contribution in [3.63, 3.8) is 0 Å². The Bertz CT molecular complexity index is 2000. The number of carbonyl (C=O) groups is 1. The van der Waals surface area contributed by atoms with Gasteiger partial charge in [-0.1, -0.05) is 105 Å². The number of unbranched alkanes of at least 4 members (excludes halogenated alkanes) is 3. The van der Waals surface area contributed by atoms with Gasteiger partial charge in [-0.05, 0) is 87.6 Å². The van der Waals surface area contributed by atoms with Crippen LogP contribution in [0.3, 0.4) is 0 Å². The number of fused-ring (bicyclic) bond motifs is 1. The van der Waals surface area contributed by atoms with E-state index < -0.39 is 0 Å². The Balaban J connectivity index is 1.07. The van der Waals surface area contributed by atoms with Crippen molar-refractivity contribution in [2.45, 2.75) is 96.6 Å². The van der Waals surface area contributed by atoms with Gasteiger partial charge in [0.1, 0.15) is 5.82 Å². The zero-order valence-electron chi connectivity index (χ0n) is 32.6. The molecule has 0 spiro atoms. The van der Waals surface area contributed by atoms with E-state index in [1.165, 1.54) is 54.6 Å². The normalized spacial score (nSPS) is 14.3. The van der Waals surface area contributed by atoms with Crippen molar-refractivity contribution in [1.82, 2.24) is 19.1 Å². The maximum atomic E-state index is 13.6. The average molecular weight is 745 g/mol. The molecule has 3 heterocycles. The molecule has 55 heavy (non-hydrogen) atoms. The zero-order valence-corrected chi connectivity index (χ0v) is 32.6. The summed E-state index contributed by atoms with van der Waals surface area (Å²) in [6, 6.07) is 16.1. The fourth-order valence-electron chi connectivity index (χ4n) is 6.88. The number of allylic oxidation sites excluding steroid dienone is 10. The van der Waals surface area contributed by atoms with E-state index in [-0.39, 0.29) is 29.7 Å². The number of benzene rings is 2. The molecule has 0 aliphatic carbocycles. The van der Waals surface area contributed by atoms with E-state index >= 15 is 0 Å². The molecule has 1 aliphatic rings. The molecule has 0 unspecified atom stereocenters. The molecule has 1 aliphatic heterocycles. The second-order valence-corrected chi connectivity index (χ2v) is 14.1. The molecule has 0 radical (unpaired) electrons. The number of hydrogen-bond acceptors (Lipinski definition) is 6. The minimum Gasteiger partial charge on any atom is -0.342 e. The molecule has 0 N–H and O–H groups in total. The number of halogens is 1. The van der Waals surface area contributed by atoms with Crippen molar-refractivity contribution in [1.29, 1.82) is 0 Å². The van der Waals surface area contributed by atoms with Crippen LogP contribution in [0.25, 0.3) is 11.0 Å². The Labute approximate surface area is 326 Å². The molecular weight excluding hydrogens is 688 g/mol. The molecule has 0 saturated carbocycles. The number of anilines is 2. The first kappa shape index (κ1) is 40.9. The summed E-state index contributed by atoms with van der Waals surface area (Å²) in [5.41, 5.74) is 2.58. The molecule has 2 aromatic carbocycles. The summed E-state index contributed by atoms with van der Waals surface area (Å²) < 4.78 is 17.0. The summed E-state index contributed by atoms with van der Waals surface area (Å²) >= 11 is 0. The van der Waals surface area contributed by atoms with E-state index in [2.05, 4.69) is 82.1 Å². The number of para-hydroxylation sites is 2. The molecule has 1 saturated heterocycles. The second kappa shape index (κ2) is 22.2. The van der Waals surface area contributed by atoms with E-state index in [0.717, 1.165) is 74.2 Å². The van der Waals surface area contributed by atoms with Crippen LogP contribution in [0.4, 0.5) is 16.3 Å². The van der Waals surface area contributed by atoms with Gasteiger partial charge >= 0.3 is 0 Å². The average Bonchev–Trinajstić information content (AvgIpc) is 3.57. The van der Waals surface area contributed by atoms with E-state index in [0.29, 0.717) is 18.9 Å². The van der Waals surface area contributed by atoms with Crippen molar-refractivity contribution < 1.29 is 9.18 Å². The third kappa shape index (κ3) is 12.4. The van der Waals surface area contributed by atoms with Crippen LogP contribution >= 0.6 is 0 Å². The monoisotopic (exact) mass is 744 g/mol. The number of imidazole rings is 1. The molecule has 2 aromatic heterocycles. The van der Waals surface area contributed by atoms with Crippen LogP contribution in [0.2, 0.25) is 0 Å². The van der Waals surface area contributed by atoms with Gasteiger partial charge < -0.3 is 14.4 Å². The van der Waals surface area contributed by atoms with Gasteiger partial charge in [0.15, 0.2) is 0 Å². The Hall–Kier alpha value is -5.31. The molecule has 4 aromatic rings. The lowest BCUT2D eigenvalue weighted by molar-refractivity contribution is 0.0899. The highest BCUT2D eigenvalue weighted by Gasteiger charge is 2.28. The lowest BCUT2D eigenvalue weighted by Gasteiger charge is -2.38. The Morgan fingerprint density at radius 3 is 2.09 bits per heavy atom. The Kier molecular flexibility index (Phi) is 16.5. The van der Waals surface area contributed by atoms with Crippen LogP contribution in [-0.4, -0.2) is 51.2 Å². The highest BCUT2D eigenvalue weighted by atomic mass is 19.1. The maximum absolute atomic E-state index is 13.6. The topological polar surface area (TPSA) is 76.3 Å². The fourth-order valence-corrected chi connectivity index (χ4v) is 6.88. The number of aromatic nitrogens is 4. The predicted molar refractivity (Wildman–Crippen MR) is 226 cm³/mol. The van der Waals surface area contributed by atoms with E-state index in [9.17, 15) is 14.0 Å². The van der Waals surface area contributed by atoms with Crippen LogP contribution in [-0.2, 0) is 6.54 Å². The molecule has 290 valence electrons. The number of carbonyl (C=O) groups excluding carboxylic acids is 1. The van der Waals surface area contributed by atoms with Gasteiger partial charge in [-0.3, -0.25) is 9.59 Å². The smallest absolute Gasteiger partial charge is 0.261 e. The highest BCUT2D eigenvalue weighted by molar-refractivity contribution is 5.82. The third-order valence-electron chi connectivity index (χ3n) is 10.00. The number of piperidine rings is 1. The number of nitrogens with zero attached hydrogens (tertiary/aromatic N) is 6. The van der Waals surface area contributed by atoms with Gasteiger partial charge in [0.2, 0.25) is 17.8 Å². The first-order valence-electron chi connectivity index (χ1n) is 20.0. The summed E-state index contributed by atoms with van der Waals surface area (Å²) in [6.07, 6.45) is 34.3. The summed E-state index contributed by atoms with van der Waals surface area (Å²) in [6.45, 7) is 4.31. The molecule has 1 fully saturated rings. The lowest BCUT2D eigenvalue weighted by atomic mass is 10.0. The fraction of sp³-hybridized carbons (Fsp3) is 0.391. The zero-order chi connectivity index (χ0) is 38.7.